The van der Waals surface area contributed by atoms with Crippen LogP contribution in [0.15, 0.2) is 84.9 Å². The maximum absolute atomic E-state index is 13.7. The first kappa shape index (κ1) is 23.2. The Kier molecular flexibility index (Phi) is 6.89. The number of carbonyl (C=O) groups is 1. The summed E-state index contributed by atoms with van der Waals surface area (Å²) >= 11 is 0. The molecule has 35 heavy (non-hydrogen) atoms. The number of rotatable bonds is 8. The molecule has 0 unspecified atom stereocenters. The number of carbonyl (C=O) groups excluding carboxylic acids is 1. The number of aryl methyl sites for hydroxylation is 1. The number of likely N-dealkylation sites (tertiary alicyclic amines) is 1. The standard InChI is InChI=1S/C30H31N3O2/c34-30(31-19-11-14-23-12-3-1-4-13-23)28-25-17-7-8-18-27(25)32-29(24-15-5-2-6-16-24)26(28)22-33(35)20-9-10-21-33/h1-8,12-13,15-18H,9-11,14,19-22H2,(H,31,34). The van der Waals surface area contributed by atoms with Crippen LogP contribution in [0.2, 0.25) is 0 Å². The average Bonchev–Trinajstić information content (AvgIpc) is 3.33. The molecule has 1 amide bonds. The van der Waals surface area contributed by atoms with Gasteiger partial charge < -0.3 is 15.2 Å². The molecule has 1 fully saturated rings. The third-order valence-corrected chi connectivity index (χ3v) is 6.87. The number of para-hydroxylation sites is 1. The number of benzene rings is 3. The molecular formula is C30H31N3O2. The molecule has 1 aliphatic rings. The predicted molar refractivity (Wildman–Crippen MR) is 141 cm³/mol. The largest absolute Gasteiger partial charge is 0.633 e. The van der Waals surface area contributed by atoms with Crippen molar-refractivity contribution >= 4 is 16.8 Å². The summed E-state index contributed by atoms with van der Waals surface area (Å²) in [7, 11) is 0. The topological polar surface area (TPSA) is 65.0 Å². The van der Waals surface area contributed by atoms with Crippen molar-refractivity contribution in [2.45, 2.75) is 32.2 Å². The number of nitrogens with one attached hydrogen (secondary N) is 1. The number of hydrogen-bond donors (Lipinski definition) is 1. The number of amides is 1. The molecular weight excluding hydrogens is 434 g/mol. The van der Waals surface area contributed by atoms with Crippen molar-refractivity contribution in [3.8, 4) is 11.3 Å². The molecule has 4 aromatic rings. The normalized spacial score (nSPS) is 14.8. The first-order chi connectivity index (χ1) is 17.1. The first-order valence-corrected chi connectivity index (χ1v) is 12.5. The van der Waals surface area contributed by atoms with Gasteiger partial charge in [0.1, 0.15) is 6.54 Å². The van der Waals surface area contributed by atoms with Crippen molar-refractivity contribution < 1.29 is 9.44 Å². The Labute approximate surface area is 206 Å². The molecule has 1 N–H and O–H groups in total. The highest BCUT2D eigenvalue weighted by molar-refractivity contribution is 6.09. The van der Waals surface area contributed by atoms with Gasteiger partial charge >= 0.3 is 0 Å². The second kappa shape index (κ2) is 10.4. The minimum Gasteiger partial charge on any atom is -0.633 e. The summed E-state index contributed by atoms with van der Waals surface area (Å²) in [5.41, 5.74) is 5.04. The highest BCUT2D eigenvalue weighted by atomic mass is 16.5. The molecule has 1 aliphatic heterocycles. The number of quaternary nitrogens is 1. The molecule has 5 nitrogen and oxygen atoms in total. The highest BCUT2D eigenvalue weighted by Crippen LogP contribution is 2.34. The minimum absolute atomic E-state index is 0.130. The number of nitrogens with zero attached hydrogens (tertiary/aromatic N) is 2. The Hall–Kier alpha value is -3.54. The van der Waals surface area contributed by atoms with Crippen LogP contribution in [-0.4, -0.2) is 35.2 Å². The fourth-order valence-corrected chi connectivity index (χ4v) is 5.09. The fraction of sp³-hybridized carbons (Fsp3) is 0.267. The molecule has 0 spiro atoms. The molecule has 1 saturated heterocycles. The lowest BCUT2D eigenvalue weighted by Gasteiger charge is -2.39. The summed E-state index contributed by atoms with van der Waals surface area (Å²) in [5.74, 6) is -0.130. The maximum Gasteiger partial charge on any atom is 0.252 e. The number of aromatic nitrogens is 1. The van der Waals surface area contributed by atoms with Gasteiger partial charge in [-0.2, -0.15) is 0 Å². The van der Waals surface area contributed by atoms with E-state index in [1.807, 2.05) is 72.8 Å². The number of hydroxylamine groups is 3. The van der Waals surface area contributed by atoms with Gasteiger partial charge in [0, 0.05) is 35.9 Å². The van der Waals surface area contributed by atoms with Crippen LogP contribution in [0.25, 0.3) is 22.2 Å². The predicted octanol–water partition coefficient (Wildman–Crippen LogP) is 5.87. The molecule has 3 aromatic carbocycles. The van der Waals surface area contributed by atoms with Gasteiger partial charge in [0.05, 0.1) is 29.9 Å². The van der Waals surface area contributed by atoms with E-state index < -0.39 is 0 Å². The van der Waals surface area contributed by atoms with E-state index in [0.29, 0.717) is 25.2 Å². The Morgan fingerprint density at radius 1 is 0.886 bits per heavy atom. The smallest absolute Gasteiger partial charge is 0.252 e. The van der Waals surface area contributed by atoms with E-state index in [0.717, 1.165) is 53.4 Å². The second-order valence-corrected chi connectivity index (χ2v) is 9.41. The molecule has 0 atom stereocenters. The Bertz CT molecular complexity index is 1300. The third-order valence-electron chi connectivity index (χ3n) is 6.87. The quantitative estimate of drug-likeness (QED) is 0.201. The molecule has 5 heteroatoms. The van der Waals surface area contributed by atoms with Gasteiger partial charge in [-0.05, 0) is 24.5 Å². The molecule has 0 saturated carbocycles. The van der Waals surface area contributed by atoms with Crippen LogP contribution in [-0.2, 0) is 13.0 Å². The molecule has 0 radical (unpaired) electrons. The zero-order valence-corrected chi connectivity index (χ0v) is 20.0. The van der Waals surface area contributed by atoms with Crippen molar-refractivity contribution in [1.82, 2.24) is 10.3 Å². The lowest BCUT2D eigenvalue weighted by Crippen LogP contribution is -2.39. The highest BCUT2D eigenvalue weighted by Gasteiger charge is 2.29. The van der Waals surface area contributed by atoms with E-state index in [9.17, 15) is 10.0 Å². The van der Waals surface area contributed by atoms with Crippen LogP contribution in [0.4, 0.5) is 0 Å². The Morgan fingerprint density at radius 2 is 1.54 bits per heavy atom. The first-order valence-electron chi connectivity index (χ1n) is 12.5. The number of fused-ring (bicyclic) bond motifs is 1. The Morgan fingerprint density at radius 3 is 2.29 bits per heavy atom. The molecule has 0 bridgehead atoms. The lowest BCUT2D eigenvalue weighted by molar-refractivity contribution is -0.881. The second-order valence-electron chi connectivity index (χ2n) is 9.41. The summed E-state index contributed by atoms with van der Waals surface area (Å²) in [4.78, 5) is 18.7. The lowest BCUT2D eigenvalue weighted by atomic mass is 9.95. The third kappa shape index (κ3) is 5.26. The minimum atomic E-state index is -0.297. The van der Waals surface area contributed by atoms with Crippen molar-refractivity contribution in [1.29, 1.82) is 0 Å². The summed E-state index contributed by atoms with van der Waals surface area (Å²) in [5, 5.41) is 17.5. The Balaban J connectivity index is 1.52. The van der Waals surface area contributed by atoms with Crippen molar-refractivity contribution in [2.24, 2.45) is 0 Å². The van der Waals surface area contributed by atoms with Gasteiger partial charge in [-0.3, -0.25) is 4.79 Å². The van der Waals surface area contributed by atoms with Gasteiger partial charge in [-0.1, -0.05) is 78.9 Å². The van der Waals surface area contributed by atoms with Gasteiger partial charge in [-0.15, -0.1) is 0 Å². The van der Waals surface area contributed by atoms with Gasteiger partial charge in [0.15, 0.2) is 0 Å². The zero-order chi connectivity index (χ0) is 24.1. The summed E-state index contributed by atoms with van der Waals surface area (Å²) in [6.45, 7) is 2.00. The van der Waals surface area contributed by atoms with E-state index in [1.54, 1.807) is 0 Å². The van der Waals surface area contributed by atoms with Crippen LogP contribution >= 0.6 is 0 Å². The zero-order valence-electron chi connectivity index (χ0n) is 20.0. The van der Waals surface area contributed by atoms with E-state index >= 15 is 0 Å². The summed E-state index contributed by atoms with van der Waals surface area (Å²) in [6.07, 6.45) is 3.60. The van der Waals surface area contributed by atoms with Crippen molar-refractivity contribution in [3.63, 3.8) is 0 Å². The van der Waals surface area contributed by atoms with Crippen molar-refractivity contribution in [3.05, 3.63) is 107 Å². The maximum atomic E-state index is 13.7. The van der Waals surface area contributed by atoms with Crippen molar-refractivity contribution in [2.75, 3.05) is 19.6 Å². The number of hydrogen-bond acceptors (Lipinski definition) is 3. The molecule has 5 rings (SSSR count). The monoisotopic (exact) mass is 465 g/mol. The van der Waals surface area contributed by atoms with Crippen LogP contribution in [0.1, 0.15) is 40.7 Å². The number of pyridine rings is 1. The van der Waals surface area contributed by atoms with Gasteiger partial charge in [0.2, 0.25) is 0 Å². The van der Waals surface area contributed by atoms with Crippen LogP contribution < -0.4 is 5.32 Å². The molecule has 1 aromatic heterocycles. The van der Waals surface area contributed by atoms with Gasteiger partial charge in [-0.25, -0.2) is 4.98 Å². The summed E-state index contributed by atoms with van der Waals surface area (Å²) in [6, 6.07) is 28.0. The molecule has 178 valence electrons. The fourth-order valence-electron chi connectivity index (χ4n) is 5.09. The van der Waals surface area contributed by atoms with Crippen LogP contribution in [0.5, 0.6) is 0 Å². The average molecular weight is 466 g/mol. The SMILES string of the molecule is O=C(NCCCc1ccccc1)c1c(C[N+]2([O-])CCCC2)c(-c2ccccc2)nc2ccccc12. The van der Waals surface area contributed by atoms with Crippen LogP contribution in [0, 0.1) is 5.21 Å². The van der Waals surface area contributed by atoms with Crippen LogP contribution in [0.3, 0.4) is 0 Å². The van der Waals surface area contributed by atoms with Gasteiger partial charge in [0.25, 0.3) is 5.91 Å². The molecule has 0 aliphatic carbocycles. The van der Waals surface area contributed by atoms with E-state index in [1.165, 1.54) is 5.56 Å². The van der Waals surface area contributed by atoms with E-state index in [4.69, 9.17) is 4.98 Å². The summed E-state index contributed by atoms with van der Waals surface area (Å²) < 4.78 is -0.297. The van der Waals surface area contributed by atoms with E-state index in [2.05, 4.69) is 17.4 Å². The van der Waals surface area contributed by atoms with E-state index in [-0.39, 0.29) is 17.1 Å². The molecule has 2 heterocycles.